The number of imidazole rings is 1. The first kappa shape index (κ1) is 15.4. The second kappa shape index (κ2) is 6.52. The monoisotopic (exact) mass is 265 g/mol. The van der Waals surface area contributed by atoms with Gasteiger partial charge in [0.2, 0.25) is 0 Å². The molecule has 1 heterocycles. The van der Waals surface area contributed by atoms with Gasteiger partial charge in [-0.05, 0) is 12.5 Å². The third kappa shape index (κ3) is 5.70. The Morgan fingerprint density at radius 1 is 1.53 bits per heavy atom. The van der Waals surface area contributed by atoms with Gasteiger partial charge in [-0.3, -0.25) is 9.69 Å². The van der Waals surface area contributed by atoms with Gasteiger partial charge >= 0.3 is 5.97 Å². The molecule has 0 aliphatic carbocycles. The van der Waals surface area contributed by atoms with Crippen molar-refractivity contribution in [1.82, 2.24) is 14.5 Å². The molecule has 5 heteroatoms. The maximum Gasteiger partial charge on any atom is 0.324 e. The molecule has 0 bridgehead atoms. The highest BCUT2D eigenvalue weighted by molar-refractivity contribution is 5.75. The van der Waals surface area contributed by atoms with Gasteiger partial charge in [0.1, 0.15) is 6.04 Å². The summed E-state index contributed by atoms with van der Waals surface area (Å²) in [6.45, 7) is 7.53. The number of hydrogen-bond acceptors (Lipinski definition) is 3. The summed E-state index contributed by atoms with van der Waals surface area (Å²) < 4.78 is 1.93. The van der Waals surface area contributed by atoms with Gasteiger partial charge in [-0.2, -0.15) is 0 Å². The maximum atomic E-state index is 11.3. The third-order valence-electron chi connectivity index (χ3n) is 2.78. The SMILES string of the molecule is CN(CCn1ccnc1)C(C=CC(C)(C)C)C(=O)O. The molecule has 0 fully saturated rings. The molecular formula is C14H23N3O2. The molecule has 0 aromatic carbocycles. The smallest absolute Gasteiger partial charge is 0.324 e. The highest BCUT2D eigenvalue weighted by Gasteiger charge is 2.20. The average molecular weight is 265 g/mol. The molecule has 1 aromatic rings. The number of allylic oxidation sites excluding steroid dienone is 1. The summed E-state index contributed by atoms with van der Waals surface area (Å²) in [6, 6.07) is -0.595. The molecule has 1 aromatic heterocycles. The summed E-state index contributed by atoms with van der Waals surface area (Å²) in [5, 5.41) is 9.29. The summed E-state index contributed by atoms with van der Waals surface area (Å²) in [4.78, 5) is 17.1. The lowest BCUT2D eigenvalue weighted by molar-refractivity contribution is -0.140. The molecule has 0 aliphatic rings. The number of aliphatic carboxylic acids is 1. The quantitative estimate of drug-likeness (QED) is 0.798. The van der Waals surface area contributed by atoms with Gasteiger partial charge in [0.05, 0.1) is 6.33 Å². The van der Waals surface area contributed by atoms with Crippen molar-refractivity contribution >= 4 is 5.97 Å². The van der Waals surface area contributed by atoms with Crippen molar-refractivity contribution in [1.29, 1.82) is 0 Å². The number of carbonyl (C=O) groups is 1. The maximum absolute atomic E-state index is 11.3. The van der Waals surface area contributed by atoms with Gasteiger partial charge in [-0.25, -0.2) is 4.98 Å². The highest BCUT2D eigenvalue weighted by atomic mass is 16.4. The lowest BCUT2D eigenvalue weighted by Gasteiger charge is -2.23. The van der Waals surface area contributed by atoms with Crippen LogP contribution in [-0.4, -0.2) is 45.2 Å². The Labute approximate surface area is 114 Å². The Balaban J connectivity index is 2.60. The zero-order valence-corrected chi connectivity index (χ0v) is 12.1. The van der Waals surface area contributed by atoms with Gasteiger partial charge in [0.15, 0.2) is 0 Å². The molecule has 0 aliphatic heterocycles. The number of nitrogens with zero attached hydrogens (tertiary/aromatic N) is 3. The number of carboxylic acids is 1. The largest absolute Gasteiger partial charge is 0.480 e. The lowest BCUT2D eigenvalue weighted by atomic mass is 9.95. The topological polar surface area (TPSA) is 58.4 Å². The predicted molar refractivity (Wildman–Crippen MR) is 74.9 cm³/mol. The van der Waals surface area contributed by atoms with Crippen molar-refractivity contribution in [2.45, 2.75) is 33.4 Å². The van der Waals surface area contributed by atoms with Crippen molar-refractivity contribution in [2.24, 2.45) is 5.41 Å². The van der Waals surface area contributed by atoms with Gasteiger partial charge in [-0.1, -0.05) is 32.9 Å². The summed E-state index contributed by atoms with van der Waals surface area (Å²) in [7, 11) is 1.82. The number of aromatic nitrogens is 2. The second-order valence-corrected chi connectivity index (χ2v) is 5.79. The molecule has 5 nitrogen and oxygen atoms in total. The van der Waals surface area contributed by atoms with E-state index in [0.717, 1.165) is 6.54 Å². The van der Waals surface area contributed by atoms with Gasteiger partial charge in [-0.15, -0.1) is 0 Å². The number of likely N-dealkylation sites (N-methyl/N-ethyl adjacent to an activating group) is 1. The first-order valence-electron chi connectivity index (χ1n) is 6.38. The second-order valence-electron chi connectivity index (χ2n) is 5.79. The van der Waals surface area contributed by atoms with Crippen LogP contribution in [0.2, 0.25) is 0 Å². The van der Waals surface area contributed by atoms with Crippen LogP contribution < -0.4 is 0 Å². The molecule has 1 atom stereocenters. The summed E-state index contributed by atoms with van der Waals surface area (Å²) in [5.74, 6) is -0.825. The Morgan fingerprint density at radius 3 is 2.68 bits per heavy atom. The molecule has 0 radical (unpaired) electrons. The zero-order chi connectivity index (χ0) is 14.5. The van der Waals surface area contributed by atoms with Crippen molar-refractivity contribution in [3.63, 3.8) is 0 Å². The number of hydrogen-bond donors (Lipinski definition) is 1. The highest BCUT2D eigenvalue weighted by Crippen LogP contribution is 2.15. The van der Waals surface area contributed by atoms with Gasteiger partial charge in [0, 0.05) is 25.5 Å². The summed E-state index contributed by atoms with van der Waals surface area (Å²) in [5.41, 5.74) is -0.0150. The van der Waals surface area contributed by atoms with E-state index in [9.17, 15) is 9.90 Å². The van der Waals surface area contributed by atoms with E-state index < -0.39 is 12.0 Å². The van der Waals surface area contributed by atoms with Crippen LogP contribution in [0.1, 0.15) is 20.8 Å². The van der Waals surface area contributed by atoms with E-state index in [1.807, 2.05) is 49.6 Å². The van der Waals surface area contributed by atoms with Crippen LogP contribution in [0.3, 0.4) is 0 Å². The van der Waals surface area contributed by atoms with E-state index in [2.05, 4.69) is 4.98 Å². The lowest BCUT2D eigenvalue weighted by Crippen LogP contribution is -2.38. The first-order chi connectivity index (χ1) is 8.79. The van der Waals surface area contributed by atoms with E-state index in [1.54, 1.807) is 18.6 Å². The fourth-order valence-electron chi connectivity index (χ4n) is 1.63. The molecule has 1 unspecified atom stereocenters. The van der Waals surface area contributed by atoms with Gasteiger partial charge in [0.25, 0.3) is 0 Å². The minimum absolute atomic E-state index is 0.0150. The molecule has 1 N–H and O–H groups in total. The van der Waals surface area contributed by atoms with Crippen molar-refractivity contribution in [2.75, 3.05) is 13.6 Å². The average Bonchev–Trinajstić information content (AvgIpc) is 2.77. The Bertz CT molecular complexity index is 418. The molecule has 106 valence electrons. The van der Waals surface area contributed by atoms with Crippen molar-refractivity contribution in [3.8, 4) is 0 Å². The Hall–Kier alpha value is -1.62. The van der Waals surface area contributed by atoms with E-state index in [1.165, 1.54) is 0 Å². The molecule has 19 heavy (non-hydrogen) atoms. The van der Waals surface area contributed by atoms with Gasteiger partial charge < -0.3 is 9.67 Å². The van der Waals surface area contributed by atoms with Crippen molar-refractivity contribution < 1.29 is 9.90 Å². The van der Waals surface area contributed by atoms with Crippen LogP contribution in [0.5, 0.6) is 0 Å². The van der Waals surface area contributed by atoms with Crippen molar-refractivity contribution in [3.05, 3.63) is 30.9 Å². The van der Waals surface area contributed by atoms with Crippen LogP contribution in [-0.2, 0) is 11.3 Å². The summed E-state index contributed by atoms with van der Waals surface area (Å²) in [6.07, 6.45) is 9.02. The van der Waals surface area contributed by atoms with Crippen LogP contribution >= 0.6 is 0 Å². The molecule has 0 amide bonds. The standard InChI is InChI=1S/C14H23N3O2/c1-14(2,3)6-5-12(13(18)19)16(4)9-10-17-8-7-15-11-17/h5-8,11-12H,9-10H2,1-4H3,(H,18,19). The molecule has 0 spiro atoms. The fraction of sp³-hybridized carbons (Fsp3) is 0.571. The molecule has 0 saturated carbocycles. The fourth-order valence-corrected chi connectivity index (χ4v) is 1.63. The first-order valence-corrected chi connectivity index (χ1v) is 6.38. The Morgan fingerprint density at radius 2 is 2.21 bits per heavy atom. The third-order valence-corrected chi connectivity index (χ3v) is 2.78. The van der Waals surface area contributed by atoms with E-state index in [-0.39, 0.29) is 5.41 Å². The van der Waals surface area contributed by atoms with Crippen LogP contribution in [0, 0.1) is 5.41 Å². The van der Waals surface area contributed by atoms with E-state index in [0.29, 0.717) is 6.54 Å². The zero-order valence-electron chi connectivity index (χ0n) is 12.1. The van der Waals surface area contributed by atoms with Crippen LogP contribution in [0.25, 0.3) is 0 Å². The van der Waals surface area contributed by atoms with E-state index >= 15 is 0 Å². The molecular weight excluding hydrogens is 242 g/mol. The Kier molecular flexibility index (Phi) is 5.30. The molecule has 0 saturated heterocycles. The predicted octanol–water partition coefficient (Wildman–Crippen LogP) is 1.87. The van der Waals surface area contributed by atoms with Crippen LogP contribution in [0.4, 0.5) is 0 Å². The number of carboxylic acid groups (broad SMARTS) is 1. The summed E-state index contributed by atoms with van der Waals surface area (Å²) >= 11 is 0. The molecule has 1 rings (SSSR count). The normalized spacial score (nSPS) is 14.2. The minimum Gasteiger partial charge on any atom is -0.480 e. The van der Waals surface area contributed by atoms with Crippen LogP contribution in [0.15, 0.2) is 30.9 Å². The van der Waals surface area contributed by atoms with E-state index in [4.69, 9.17) is 0 Å². The minimum atomic E-state index is -0.825. The number of rotatable bonds is 6.